The van der Waals surface area contributed by atoms with Crippen molar-refractivity contribution in [3.05, 3.63) is 11.9 Å². The van der Waals surface area contributed by atoms with Gasteiger partial charge in [-0.2, -0.15) is 0 Å². The lowest BCUT2D eigenvalue weighted by atomic mass is 10.1. The van der Waals surface area contributed by atoms with Gasteiger partial charge in [0.2, 0.25) is 0 Å². The molecule has 0 saturated carbocycles. The van der Waals surface area contributed by atoms with Crippen LogP contribution in [-0.2, 0) is 18.3 Å². The van der Waals surface area contributed by atoms with Crippen molar-refractivity contribution < 1.29 is 4.74 Å². The van der Waals surface area contributed by atoms with E-state index in [4.69, 9.17) is 4.74 Å². The van der Waals surface area contributed by atoms with Gasteiger partial charge in [-0.15, -0.1) is 5.10 Å². The number of piperidine rings is 1. The highest BCUT2D eigenvalue weighted by molar-refractivity contribution is 4.92. The fourth-order valence-corrected chi connectivity index (χ4v) is 2.00. The summed E-state index contributed by atoms with van der Waals surface area (Å²) in [7, 11) is 3.69. The van der Waals surface area contributed by atoms with Crippen LogP contribution in [0.2, 0.25) is 0 Å². The van der Waals surface area contributed by atoms with Crippen LogP contribution in [0, 0.1) is 0 Å². The van der Waals surface area contributed by atoms with Gasteiger partial charge in [-0.05, 0) is 12.8 Å². The molecule has 0 unspecified atom stereocenters. The maximum absolute atomic E-state index is 5.34. The number of nitrogens with zero attached hydrogens (tertiary/aromatic N) is 4. The van der Waals surface area contributed by atoms with Gasteiger partial charge < -0.3 is 4.74 Å². The van der Waals surface area contributed by atoms with Crippen molar-refractivity contribution >= 4 is 0 Å². The maximum Gasteiger partial charge on any atom is 0.0967 e. The summed E-state index contributed by atoms with van der Waals surface area (Å²) in [6.45, 7) is 3.09. The molecule has 2 rings (SSSR count). The van der Waals surface area contributed by atoms with E-state index in [0.29, 0.717) is 6.10 Å². The Balaban J connectivity index is 1.82. The Morgan fingerprint density at radius 1 is 1.47 bits per heavy atom. The first-order chi connectivity index (χ1) is 7.28. The third kappa shape index (κ3) is 2.76. The highest BCUT2D eigenvalue weighted by Crippen LogP contribution is 2.14. The summed E-state index contributed by atoms with van der Waals surface area (Å²) in [6, 6.07) is 0. The van der Waals surface area contributed by atoms with Crippen molar-refractivity contribution in [3.8, 4) is 0 Å². The average molecular weight is 210 g/mol. The molecule has 15 heavy (non-hydrogen) atoms. The molecule has 5 heteroatoms. The Labute approximate surface area is 90.0 Å². The van der Waals surface area contributed by atoms with E-state index in [1.54, 1.807) is 11.8 Å². The van der Waals surface area contributed by atoms with E-state index in [-0.39, 0.29) is 0 Å². The van der Waals surface area contributed by atoms with E-state index in [1.165, 1.54) is 0 Å². The molecule has 84 valence electrons. The molecule has 1 saturated heterocycles. The quantitative estimate of drug-likeness (QED) is 0.725. The van der Waals surface area contributed by atoms with Gasteiger partial charge in [-0.3, -0.25) is 9.58 Å². The predicted molar refractivity (Wildman–Crippen MR) is 56.3 cm³/mol. The Hall–Kier alpha value is -0.940. The molecule has 2 heterocycles. The van der Waals surface area contributed by atoms with Crippen molar-refractivity contribution in [1.29, 1.82) is 0 Å². The van der Waals surface area contributed by atoms with Gasteiger partial charge in [-0.1, -0.05) is 5.21 Å². The van der Waals surface area contributed by atoms with E-state index in [0.717, 1.165) is 38.2 Å². The molecule has 1 aromatic heterocycles. The first-order valence-electron chi connectivity index (χ1n) is 5.38. The van der Waals surface area contributed by atoms with Crippen LogP contribution >= 0.6 is 0 Å². The van der Waals surface area contributed by atoms with E-state index in [1.807, 2.05) is 13.2 Å². The van der Waals surface area contributed by atoms with Gasteiger partial charge in [0.15, 0.2) is 0 Å². The highest BCUT2D eigenvalue weighted by atomic mass is 16.5. The van der Waals surface area contributed by atoms with Crippen molar-refractivity contribution in [2.45, 2.75) is 25.5 Å². The van der Waals surface area contributed by atoms with Crippen LogP contribution in [0.25, 0.3) is 0 Å². The molecule has 0 aromatic carbocycles. The summed E-state index contributed by atoms with van der Waals surface area (Å²) in [5, 5.41) is 8.02. The van der Waals surface area contributed by atoms with Gasteiger partial charge in [0, 0.05) is 40.0 Å². The average Bonchev–Trinajstić information content (AvgIpc) is 2.65. The molecule has 0 radical (unpaired) electrons. The molecule has 0 spiro atoms. The van der Waals surface area contributed by atoms with Gasteiger partial charge in [0.25, 0.3) is 0 Å². The normalized spacial score (nSPS) is 19.6. The monoisotopic (exact) mass is 210 g/mol. The molecular weight excluding hydrogens is 192 g/mol. The summed E-state index contributed by atoms with van der Waals surface area (Å²) in [5.41, 5.74) is 1.05. The maximum atomic E-state index is 5.34. The fraction of sp³-hybridized carbons (Fsp3) is 0.800. The number of methoxy groups -OCH3 is 1. The van der Waals surface area contributed by atoms with Crippen molar-refractivity contribution in [1.82, 2.24) is 19.9 Å². The third-order valence-electron chi connectivity index (χ3n) is 2.90. The zero-order valence-corrected chi connectivity index (χ0v) is 9.39. The number of hydrogen-bond acceptors (Lipinski definition) is 4. The van der Waals surface area contributed by atoms with Crippen LogP contribution in [0.3, 0.4) is 0 Å². The van der Waals surface area contributed by atoms with Crippen molar-refractivity contribution in [3.63, 3.8) is 0 Å². The zero-order chi connectivity index (χ0) is 10.7. The molecule has 0 bridgehead atoms. The molecule has 1 aliphatic rings. The topological polar surface area (TPSA) is 43.2 Å². The van der Waals surface area contributed by atoms with E-state index >= 15 is 0 Å². The third-order valence-corrected chi connectivity index (χ3v) is 2.90. The van der Waals surface area contributed by atoms with Crippen LogP contribution in [0.1, 0.15) is 18.5 Å². The van der Waals surface area contributed by atoms with Crippen LogP contribution in [-0.4, -0.2) is 46.2 Å². The number of hydrogen-bond donors (Lipinski definition) is 0. The van der Waals surface area contributed by atoms with Crippen LogP contribution in [0.5, 0.6) is 0 Å². The van der Waals surface area contributed by atoms with Crippen molar-refractivity contribution in [2.75, 3.05) is 20.2 Å². The predicted octanol–water partition coefficient (Wildman–Crippen LogP) is 0.426. The largest absolute Gasteiger partial charge is 0.381 e. The molecule has 0 atom stereocenters. The number of rotatable bonds is 3. The van der Waals surface area contributed by atoms with Crippen LogP contribution in [0.15, 0.2) is 6.20 Å². The lowest BCUT2D eigenvalue weighted by Crippen LogP contribution is -2.36. The Bertz CT molecular complexity index is 304. The molecule has 1 aliphatic heterocycles. The number of aryl methyl sites for hydroxylation is 1. The lowest BCUT2D eigenvalue weighted by molar-refractivity contribution is 0.0385. The summed E-state index contributed by atoms with van der Waals surface area (Å²) in [4.78, 5) is 2.40. The summed E-state index contributed by atoms with van der Waals surface area (Å²) >= 11 is 0. The fourth-order valence-electron chi connectivity index (χ4n) is 2.00. The van der Waals surface area contributed by atoms with E-state index < -0.39 is 0 Å². The number of ether oxygens (including phenoxy) is 1. The zero-order valence-electron chi connectivity index (χ0n) is 9.39. The van der Waals surface area contributed by atoms with Gasteiger partial charge in [-0.25, -0.2) is 0 Å². The SMILES string of the molecule is COC1CCN(Cc2cn(C)nn2)CC1. The van der Waals surface area contributed by atoms with E-state index in [9.17, 15) is 0 Å². The first-order valence-corrected chi connectivity index (χ1v) is 5.38. The lowest BCUT2D eigenvalue weighted by Gasteiger charge is -2.30. The van der Waals surface area contributed by atoms with Crippen LogP contribution in [0.4, 0.5) is 0 Å². The molecule has 1 aromatic rings. The molecular formula is C10H18N4O. The van der Waals surface area contributed by atoms with Crippen molar-refractivity contribution in [2.24, 2.45) is 7.05 Å². The number of likely N-dealkylation sites (tertiary alicyclic amines) is 1. The highest BCUT2D eigenvalue weighted by Gasteiger charge is 2.19. The summed E-state index contributed by atoms with van der Waals surface area (Å²) in [5.74, 6) is 0. The minimum Gasteiger partial charge on any atom is -0.381 e. The Morgan fingerprint density at radius 2 is 2.20 bits per heavy atom. The standard InChI is InChI=1S/C10H18N4O/c1-13-7-9(11-12-13)8-14-5-3-10(15-2)4-6-14/h7,10H,3-6,8H2,1-2H3. The van der Waals surface area contributed by atoms with E-state index in [2.05, 4.69) is 15.2 Å². The first kappa shape index (κ1) is 10.6. The summed E-state index contributed by atoms with van der Waals surface area (Å²) < 4.78 is 7.08. The van der Waals surface area contributed by atoms with Gasteiger partial charge >= 0.3 is 0 Å². The van der Waals surface area contributed by atoms with Gasteiger partial charge in [0.05, 0.1) is 11.8 Å². The Morgan fingerprint density at radius 3 is 2.73 bits per heavy atom. The second kappa shape index (κ2) is 4.72. The second-order valence-corrected chi connectivity index (χ2v) is 4.09. The minimum atomic E-state index is 0.447. The summed E-state index contributed by atoms with van der Waals surface area (Å²) in [6.07, 6.45) is 4.67. The van der Waals surface area contributed by atoms with Gasteiger partial charge in [0.1, 0.15) is 0 Å². The molecule has 0 aliphatic carbocycles. The molecule has 0 amide bonds. The van der Waals surface area contributed by atoms with Crippen LogP contribution < -0.4 is 0 Å². The second-order valence-electron chi connectivity index (χ2n) is 4.09. The molecule has 5 nitrogen and oxygen atoms in total. The number of aromatic nitrogens is 3. The molecule has 0 N–H and O–H groups in total. The smallest absolute Gasteiger partial charge is 0.0967 e. The Kier molecular flexibility index (Phi) is 3.33. The minimum absolute atomic E-state index is 0.447. The molecule has 1 fully saturated rings.